The molecule has 1 aromatic carbocycles. The Hall–Kier alpha value is -0.450. The van der Waals surface area contributed by atoms with Crippen LogP contribution in [0.2, 0.25) is 0 Å². The van der Waals surface area contributed by atoms with Gasteiger partial charge in [-0.05, 0) is 38.5 Å². The number of methoxy groups -OCH3 is 1. The van der Waals surface area contributed by atoms with Gasteiger partial charge in [0.1, 0.15) is 5.82 Å². The molecule has 0 saturated carbocycles. The van der Waals surface area contributed by atoms with Crippen LogP contribution in [0.3, 0.4) is 0 Å². The molecule has 1 unspecified atom stereocenters. The van der Waals surface area contributed by atoms with E-state index in [-0.39, 0.29) is 17.5 Å². The maximum absolute atomic E-state index is 13.0. The van der Waals surface area contributed by atoms with E-state index >= 15 is 0 Å². The van der Waals surface area contributed by atoms with Gasteiger partial charge in [-0.15, -0.1) is 0 Å². The summed E-state index contributed by atoms with van der Waals surface area (Å²) >= 11 is 3.37. The third-order valence-electron chi connectivity index (χ3n) is 2.82. The summed E-state index contributed by atoms with van der Waals surface area (Å²) in [6.45, 7) is 6.82. The maximum Gasteiger partial charge on any atom is 0.124 e. The fourth-order valence-corrected chi connectivity index (χ4v) is 2.13. The summed E-state index contributed by atoms with van der Waals surface area (Å²) in [5, 5.41) is 3.37. The van der Waals surface area contributed by atoms with Crippen molar-refractivity contribution in [1.82, 2.24) is 5.32 Å². The smallest absolute Gasteiger partial charge is 0.124 e. The quantitative estimate of drug-likeness (QED) is 0.896. The van der Waals surface area contributed by atoms with Crippen molar-refractivity contribution in [3.8, 4) is 0 Å². The zero-order valence-corrected chi connectivity index (χ0v) is 12.3. The molecule has 4 heteroatoms. The highest BCUT2D eigenvalue weighted by molar-refractivity contribution is 9.10. The Kier molecular flexibility index (Phi) is 5.10. The molecule has 0 aliphatic heterocycles. The number of benzene rings is 1. The Morgan fingerprint density at radius 1 is 1.47 bits per heavy atom. The first-order valence-electron chi connectivity index (χ1n) is 5.59. The summed E-state index contributed by atoms with van der Waals surface area (Å²) in [5.41, 5.74) is 0.833. The summed E-state index contributed by atoms with van der Waals surface area (Å²) in [7, 11) is 1.69. The lowest BCUT2D eigenvalue weighted by molar-refractivity contribution is 0.0214. The molecular formula is C13H19BrFNO. The minimum absolute atomic E-state index is 0.138. The van der Waals surface area contributed by atoms with Crippen LogP contribution in [0.1, 0.15) is 32.4 Å². The van der Waals surface area contributed by atoms with Crippen LogP contribution < -0.4 is 5.32 Å². The predicted molar refractivity (Wildman–Crippen MR) is 71.6 cm³/mol. The molecule has 1 rings (SSSR count). The molecular weight excluding hydrogens is 285 g/mol. The van der Waals surface area contributed by atoms with Crippen molar-refractivity contribution in [3.63, 3.8) is 0 Å². The van der Waals surface area contributed by atoms with Crippen LogP contribution in [0, 0.1) is 5.82 Å². The second-order valence-electron chi connectivity index (χ2n) is 4.73. The van der Waals surface area contributed by atoms with Gasteiger partial charge in [0.05, 0.1) is 5.60 Å². The van der Waals surface area contributed by atoms with Crippen LogP contribution in [-0.2, 0) is 4.74 Å². The van der Waals surface area contributed by atoms with E-state index in [1.165, 1.54) is 12.1 Å². The zero-order valence-electron chi connectivity index (χ0n) is 10.7. The van der Waals surface area contributed by atoms with Crippen molar-refractivity contribution in [1.29, 1.82) is 0 Å². The molecule has 0 aliphatic carbocycles. The van der Waals surface area contributed by atoms with Gasteiger partial charge < -0.3 is 10.1 Å². The molecule has 0 aromatic heterocycles. The van der Waals surface area contributed by atoms with Crippen molar-refractivity contribution in [3.05, 3.63) is 34.1 Å². The Morgan fingerprint density at radius 3 is 2.65 bits per heavy atom. The second-order valence-corrected chi connectivity index (χ2v) is 5.59. The highest BCUT2D eigenvalue weighted by Crippen LogP contribution is 2.24. The predicted octanol–water partition coefficient (Wildman–Crippen LogP) is 3.66. The molecule has 0 heterocycles. The lowest BCUT2D eigenvalue weighted by atomic mass is 10.1. The van der Waals surface area contributed by atoms with Gasteiger partial charge in [0.25, 0.3) is 0 Å². The monoisotopic (exact) mass is 303 g/mol. The van der Waals surface area contributed by atoms with E-state index in [2.05, 4.69) is 21.2 Å². The van der Waals surface area contributed by atoms with Crippen molar-refractivity contribution in [2.24, 2.45) is 0 Å². The van der Waals surface area contributed by atoms with Gasteiger partial charge >= 0.3 is 0 Å². The summed E-state index contributed by atoms with van der Waals surface area (Å²) in [5.74, 6) is -0.231. The van der Waals surface area contributed by atoms with Gasteiger partial charge in [-0.1, -0.05) is 22.0 Å². The Labute approximate surface area is 111 Å². The molecule has 0 amide bonds. The van der Waals surface area contributed by atoms with E-state index in [1.54, 1.807) is 13.2 Å². The van der Waals surface area contributed by atoms with Gasteiger partial charge in [-0.2, -0.15) is 0 Å². The summed E-state index contributed by atoms with van der Waals surface area (Å²) in [4.78, 5) is 0. The van der Waals surface area contributed by atoms with E-state index in [0.29, 0.717) is 0 Å². The first-order chi connectivity index (χ1) is 7.85. The van der Waals surface area contributed by atoms with Crippen LogP contribution in [0.4, 0.5) is 4.39 Å². The van der Waals surface area contributed by atoms with Crippen LogP contribution in [0.15, 0.2) is 22.7 Å². The Morgan fingerprint density at radius 2 is 2.12 bits per heavy atom. The number of nitrogens with one attached hydrogen (secondary N) is 1. The fourth-order valence-electron chi connectivity index (χ4n) is 1.43. The zero-order chi connectivity index (χ0) is 13.1. The normalized spacial score (nSPS) is 13.8. The highest BCUT2D eigenvalue weighted by atomic mass is 79.9. The van der Waals surface area contributed by atoms with Crippen LogP contribution in [-0.4, -0.2) is 19.3 Å². The average molecular weight is 304 g/mol. The lowest BCUT2D eigenvalue weighted by Gasteiger charge is -2.26. The maximum atomic E-state index is 13.0. The number of halogens is 2. The average Bonchev–Trinajstić information content (AvgIpc) is 2.26. The van der Waals surface area contributed by atoms with E-state index in [1.807, 2.05) is 20.8 Å². The molecule has 0 spiro atoms. The van der Waals surface area contributed by atoms with Gasteiger partial charge in [-0.3, -0.25) is 0 Å². The van der Waals surface area contributed by atoms with E-state index in [4.69, 9.17) is 4.74 Å². The number of hydrogen-bond acceptors (Lipinski definition) is 2. The third-order valence-corrected chi connectivity index (χ3v) is 3.50. The second kappa shape index (κ2) is 5.94. The summed E-state index contributed by atoms with van der Waals surface area (Å²) < 4.78 is 19.1. The van der Waals surface area contributed by atoms with Gasteiger partial charge in [0, 0.05) is 24.2 Å². The van der Waals surface area contributed by atoms with Crippen LogP contribution in [0.25, 0.3) is 0 Å². The van der Waals surface area contributed by atoms with Crippen molar-refractivity contribution >= 4 is 15.9 Å². The molecule has 2 nitrogen and oxygen atoms in total. The topological polar surface area (TPSA) is 21.3 Å². The summed E-state index contributed by atoms with van der Waals surface area (Å²) in [6, 6.07) is 4.88. The van der Waals surface area contributed by atoms with Gasteiger partial charge in [-0.25, -0.2) is 4.39 Å². The van der Waals surface area contributed by atoms with Crippen molar-refractivity contribution < 1.29 is 9.13 Å². The first kappa shape index (κ1) is 14.6. The SMILES string of the molecule is COC(C)(C)CNC(C)c1ccc(F)cc1Br. The third kappa shape index (κ3) is 4.37. The summed E-state index contributed by atoms with van der Waals surface area (Å²) in [6.07, 6.45) is 0. The molecule has 0 bridgehead atoms. The van der Waals surface area contributed by atoms with Gasteiger partial charge in [0.15, 0.2) is 0 Å². The first-order valence-corrected chi connectivity index (χ1v) is 6.38. The molecule has 1 aromatic rings. The Balaban J connectivity index is 2.67. The molecule has 0 radical (unpaired) electrons. The minimum atomic E-state index is -0.231. The standard InChI is InChI=1S/C13H19BrFNO/c1-9(16-8-13(2,3)17-4)11-6-5-10(15)7-12(11)14/h5-7,9,16H,8H2,1-4H3. The van der Waals surface area contributed by atoms with E-state index in [0.717, 1.165) is 16.6 Å². The Bertz CT molecular complexity index is 382. The molecule has 0 aliphatic rings. The van der Waals surface area contributed by atoms with Crippen LogP contribution >= 0.6 is 15.9 Å². The van der Waals surface area contributed by atoms with E-state index < -0.39 is 0 Å². The lowest BCUT2D eigenvalue weighted by Crippen LogP contribution is -2.37. The molecule has 0 fully saturated rings. The van der Waals surface area contributed by atoms with Crippen molar-refractivity contribution in [2.75, 3.05) is 13.7 Å². The van der Waals surface area contributed by atoms with Gasteiger partial charge in [0.2, 0.25) is 0 Å². The highest BCUT2D eigenvalue weighted by Gasteiger charge is 2.18. The molecule has 1 N–H and O–H groups in total. The largest absolute Gasteiger partial charge is 0.377 e. The number of ether oxygens (including phenoxy) is 1. The molecule has 1 atom stereocenters. The number of hydrogen-bond donors (Lipinski definition) is 1. The molecule has 96 valence electrons. The van der Waals surface area contributed by atoms with Crippen LogP contribution in [0.5, 0.6) is 0 Å². The molecule has 17 heavy (non-hydrogen) atoms. The van der Waals surface area contributed by atoms with Crippen molar-refractivity contribution in [2.45, 2.75) is 32.4 Å². The molecule has 0 saturated heterocycles. The number of rotatable bonds is 5. The van der Waals surface area contributed by atoms with E-state index in [9.17, 15) is 4.39 Å². The fraction of sp³-hybridized carbons (Fsp3) is 0.538. The minimum Gasteiger partial charge on any atom is -0.377 e.